The summed E-state index contributed by atoms with van der Waals surface area (Å²) in [5.74, 6) is -1.16. The van der Waals surface area contributed by atoms with Crippen LogP contribution in [0.4, 0.5) is 8.78 Å². The summed E-state index contributed by atoms with van der Waals surface area (Å²) in [6.07, 6.45) is 3.37. The molecule has 5 aromatic rings. The van der Waals surface area contributed by atoms with E-state index in [-0.39, 0.29) is 24.3 Å². The van der Waals surface area contributed by atoms with Crippen molar-refractivity contribution in [2.24, 2.45) is 7.05 Å². The first kappa shape index (κ1) is 26.1. The van der Waals surface area contributed by atoms with Gasteiger partial charge in [-0.25, -0.2) is 13.6 Å². The van der Waals surface area contributed by atoms with E-state index in [4.69, 9.17) is 9.47 Å². The van der Waals surface area contributed by atoms with Gasteiger partial charge in [0.15, 0.2) is 5.69 Å². The maximum atomic E-state index is 15.1. The Hall–Kier alpha value is -4.57. The lowest BCUT2D eigenvalue weighted by atomic mass is 10.00. The number of aromatic nitrogens is 4. The molecule has 0 aliphatic carbocycles. The number of esters is 1. The van der Waals surface area contributed by atoms with Crippen molar-refractivity contribution < 1.29 is 23.0 Å². The zero-order valence-corrected chi connectivity index (χ0v) is 21.7. The fraction of sp³-hybridized carbons (Fsp3) is 0.207. The van der Waals surface area contributed by atoms with E-state index in [9.17, 15) is 4.79 Å². The van der Waals surface area contributed by atoms with Crippen molar-refractivity contribution >= 4 is 16.9 Å². The zero-order chi connectivity index (χ0) is 27.5. The van der Waals surface area contributed by atoms with Crippen LogP contribution >= 0.6 is 0 Å². The van der Waals surface area contributed by atoms with Gasteiger partial charge in [-0.3, -0.25) is 9.36 Å². The van der Waals surface area contributed by atoms with Crippen LogP contribution in [0, 0.1) is 11.6 Å². The number of nitrogens with one attached hydrogen (secondary N) is 1. The Kier molecular flexibility index (Phi) is 7.38. The summed E-state index contributed by atoms with van der Waals surface area (Å²) in [5, 5.41) is 12.6. The molecule has 0 saturated carbocycles. The minimum Gasteiger partial charge on any atom is -0.497 e. The fourth-order valence-corrected chi connectivity index (χ4v) is 4.57. The van der Waals surface area contributed by atoms with Gasteiger partial charge < -0.3 is 14.8 Å². The molecule has 1 N–H and O–H groups in total. The van der Waals surface area contributed by atoms with E-state index in [1.165, 1.54) is 19.2 Å². The highest BCUT2D eigenvalue weighted by molar-refractivity contribution is 5.94. The molecule has 5 rings (SSSR count). The lowest BCUT2D eigenvalue weighted by Crippen LogP contribution is -2.19. The van der Waals surface area contributed by atoms with Gasteiger partial charge >= 0.3 is 5.97 Å². The Labute approximate surface area is 223 Å². The molecule has 2 heterocycles. The molecule has 3 aromatic carbocycles. The third-order valence-electron chi connectivity index (χ3n) is 6.52. The molecular formula is C29H27F2N5O3. The average Bonchev–Trinajstić information content (AvgIpc) is 3.52. The van der Waals surface area contributed by atoms with Crippen molar-refractivity contribution in [3.8, 4) is 16.9 Å². The van der Waals surface area contributed by atoms with Crippen molar-refractivity contribution in [2.45, 2.75) is 19.6 Å². The lowest BCUT2D eigenvalue weighted by Gasteiger charge is -2.11. The van der Waals surface area contributed by atoms with Crippen LogP contribution in [0.25, 0.3) is 22.0 Å². The van der Waals surface area contributed by atoms with Crippen molar-refractivity contribution in [1.82, 2.24) is 24.9 Å². The van der Waals surface area contributed by atoms with Crippen LogP contribution in [0.5, 0.6) is 5.75 Å². The predicted octanol–water partition coefficient (Wildman–Crippen LogP) is 4.85. The predicted molar refractivity (Wildman–Crippen MR) is 142 cm³/mol. The van der Waals surface area contributed by atoms with Gasteiger partial charge in [-0.2, -0.15) is 10.2 Å². The second-order valence-corrected chi connectivity index (χ2v) is 9.08. The fourth-order valence-electron chi connectivity index (χ4n) is 4.57. The molecular weight excluding hydrogens is 504 g/mol. The van der Waals surface area contributed by atoms with Crippen LogP contribution in [0.2, 0.25) is 0 Å². The van der Waals surface area contributed by atoms with Gasteiger partial charge in [-0.15, -0.1) is 0 Å². The Morgan fingerprint density at radius 2 is 1.77 bits per heavy atom. The van der Waals surface area contributed by atoms with Crippen molar-refractivity contribution in [1.29, 1.82) is 0 Å². The standard InChI is InChI=1S/C29H27F2N5O3/c1-35-17-24-22(5-4-6-27(24)34-35)19-11-25(30)23(26(31)12-19)15-32-13-20-14-33-36(28(20)29(37)39-3)16-18-7-9-21(38-2)10-8-18/h4-12,14,17,32H,13,15-16H2,1-3H3. The minimum absolute atomic E-state index is 0.0840. The number of carbonyl (C=O) groups is 1. The van der Waals surface area contributed by atoms with Crippen molar-refractivity contribution in [3.63, 3.8) is 0 Å². The maximum absolute atomic E-state index is 15.1. The van der Waals surface area contributed by atoms with Crippen molar-refractivity contribution in [3.05, 3.63) is 101 Å². The number of hydrogen-bond donors (Lipinski definition) is 1. The molecule has 8 nitrogen and oxygen atoms in total. The maximum Gasteiger partial charge on any atom is 0.356 e. The van der Waals surface area contributed by atoms with Crippen LogP contribution in [0.15, 0.2) is 67.0 Å². The molecule has 0 aliphatic rings. The van der Waals surface area contributed by atoms with E-state index in [1.54, 1.807) is 29.7 Å². The van der Waals surface area contributed by atoms with Crippen LogP contribution in [-0.4, -0.2) is 39.7 Å². The normalized spacial score (nSPS) is 11.2. The molecule has 0 fully saturated rings. The van der Waals surface area contributed by atoms with Gasteiger partial charge in [-0.1, -0.05) is 24.3 Å². The third kappa shape index (κ3) is 5.37. The van der Waals surface area contributed by atoms with E-state index in [0.29, 0.717) is 23.2 Å². The summed E-state index contributed by atoms with van der Waals surface area (Å²) >= 11 is 0. The van der Waals surface area contributed by atoms with E-state index < -0.39 is 17.6 Å². The Morgan fingerprint density at radius 3 is 2.46 bits per heavy atom. The first-order valence-electron chi connectivity index (χ1n) is 12.2. The molecule has 0 radical (unpaired) electrons. The van der Waals surface area contributed by atoms with Gasteiger partial charge in [0.25, 0.3) is 0 Å². The topological polar surface area (TPSA) is 83.2 Å². The van der Waals surface area contributed by atoms with Crippen LogP contribution < -0.4 is 10.1 Å². The average molecular weight is 532 g/mol. The summed E-state index contributed by atoms with van der Waals surface area (Å²) in [4.78, 5) is 12.6. The van der Waals surface area contributed by atoms with Gasteiger partial charge in [0, 0.05) is 42.8 Å². The number of halogens is 2. The summed E-state index contributed by atoms with van der Waals surface area (Å²) < 4.78 is 43.5. The molecule has 0 unspecified atom stereocenters. The molecule has 10 heteroatoms. The molecule has 0 atom stereocenters. The van der Waals surface area contributed by atoms with E-state index >= 15 is 8.78 Å². The Bertz CT molecular complexity index is 1620. The van der Waals surface area contributed by atoms with Crippen LogP contribution in [-0.2, 0) is 31.4 Å². The number of methoxy groups -OCH3 is 2. The Balaban J connectivity index is 1.33. The minimum atomic E-state index is -0.665. The number of nitrogens with zero attached hydrogens (tertiary/aromatic N) is 4. The number of ether oxygens (including phenoxy) is 2. The van der Waals surface area contributed by atoms with Gasteiger partial charge in [0.05, 0.1) is 32.5 Å². The molecule has 200 valence electrons. The zero-order valence-electron chi connectivity index (χ0n) is 21.7. The summed E-state index contributed by atoms with van der Waals surface area (Å²) in [6, 6.07) is 15.5. The molecule has 0 bridgehead atoms. The molecule has 0 saturated heterocycles. The molecule has 2 aromatic heterocycles. The Morgan fingerprint density at radius 1 is 1.03 bits per heavy atom. The molecule has 0 aliphatic heterocycles. The van der Waals surface area contributed by atoms with E-state index in [2.05, 4.69) is 15.5 Å². The lowest BCUT2D eigenvalue weighted by molar-refractivity contribution is 0.0585. The SMILES string of the molecule is COC(=O)c1c(CNCc2c(F)cc(-c3cccc4nn(C)cc34)cc2F)cnn1Cc1ccc(OC)cc1. The number of hydrogen-bond acceptors (Lipinski definition) is 6. The molecule has 0 spiro atoms. The highest BCUT2D eigenvalue weighted by Crippen LogP contribution is 2.30. The van der Waals surface area contributed by atoms with Crippen LogP contribution in [0.3, 0.4) is 0 Å². The highest BCUT2D eigenvalue weighted by atomic mass is 19.1. The van der Waals surface area contributed by atoms with E-state index in [1.807, 2.05) is 48.7 Å². The van der Waals surface area contributed by atoms with Gasteiger partial charge in [0.2, 0.25) is 0 Å². The van der Waals surface area contributed by atoms with Gasteiger partial charge in [0.1, 0.15) is 17.4 Å². The second-order valence-electron chi connectivity index (χ2n) is 9.08. The summed E-state index contributed by atoms with van der Waals surface area (Å²) in [7, 11) is 4.68. The number of benzene rings is 3. The second kappa shape index (κ2) is 11.0. The third-order valence-corrected chi connectivity index (χ3v) is 6.52. The number of fused-ring (bicyclic) bond motifs is 1. The van der Waals surface area contributed by atoms with Crippen LogP contribution in [0.1, 0.15) is 27.2 Å². The first-order chi connectivity index (χ1) is 18.9. The number of aryl methyl sites for hydroxylation is 1. The number of rotatable bonds is 9. The smallest absolute Gasteiger partial charge is 0.356 e. The molecule has 39 heavy (non-hydrogen) atoms. The number of carbonyl (C=O) groups excluding carboxylic acids is 1. The molecule has 0 amide bonds. The summed E-state index contributed by atoms with van der Waals surface area (Å²) in [5.41, 5.74) is 3.51. The van der Waals surface area contributed by atoms with Gasteiger partial charge in [-0.05, 0) is 47.0 Å². The quantitative estimate of drug-likeness (QED) is 0.274. The monoisotopic (exact) mass is 531 g/mol. The first-order valence-corrected chi connectivity index (χ1v) is 12.2. The summed E-state index contributed by atoms with van der Waals surface area (Å²) in [6.45, 7) is 0.408. The van der Waals surface area contributed by atoms with E-state index in [0.717, 1.165) is 22.2 Å². The van der Waals surface area contributed by atoms with Crippen molar-refractivity contribution in [2.75, 3.05) is 14.2 Å². The highest BCUT2D eigenvalue weighted by Gasteiger charge is 2.20. The largest absolute Gasteiger partial charge is 0.497 e.